The molecule has 2 saturated heterocycles. The molecule has 4 aromatic heterocycles. The fourth-order valence-corrected chi connectivity index (χ4v) is 8.13. The first-order chi connectivity index (χ1) is 20.4. The molecule has 4 aromatic rings. The number of hydrogen-bond donors (Lipinski definition) is 1. The summed E-state index contributed by atoms with van der Waals surface area (Å²) in [5, 5.41) is 1.10. The molecule has 2 aliphatic carbocycles. The van der Waals surface area contributed by atoms with Gasteiger partial charge in [0.15, 0.2) is 11.5 Å². The molecule has 4 fully saturated rings. The second-order valence-electron chi connectivity index (χ2n) is 12.6. The van der Waals surface area contributed by atoms with E-state index >= 15 is 0 Å². The van der Waals surface area contributed by atoms with Crippen molar-refractivity contribution in [1.82, 2.24) is 29.0 Å². The lowest BCUT2D eigenvalue weighted by atomic mass is 9.69. The number of likely N-dealkylation sites (tertiary alicyclic amines) is 1. The number of hydrogen-bond acceptors (Lipinski definition) is 6. The summed E-state index contributed by atoms with van der Waals surface area (Å²) in [6.45, 7) is 11.4. The monoisotopic (exact) mass is 569 g/mol. The second-order valence-corrected chi connectivity index (χ2v) is 12.6. The summed E-state index contributed by atoms with van der Waals surface area (Å²) in [5.74, 6) is 1.84. The lowest BCUT2D eigenvalue weighted by Gasteiger charge is -2.44. The average molecular weight is 570 g/mol. The number of carbonyl (C=O) groups excluding carboxylic acids is 1. The van der Waals surface area contributed by atoms with Crippen LogP contribution >= 0.6 is 0 Å². The maximum atomic E-state index is 13.6. The van der Waals surface area contributed by atoms with Crippen molar-refractivity contribution in [2.24, 2.45) is 17.6 Å². The van der Waals surface area contributed by atoms with Crippen molar-refractivity contribution in [2.45, 2.75) is 97.0 Å². The van der Waals surface area contributed by atoms with E-state index in [4.69, 9.17) is 25.4 Å². The van der Waals surface area contributed by atoms with Gasteiger partial charge in [-0.25, -0.2) is 15.0 Å². The van der Waals surface area contributed by atoms with Crippen molar-refractivity contribution in [3.8, 4) is 11.5 Å². The van der Waals surface area contributed by atoms with E-state index in [-0.39, 0.29) is 23.6 Å². The van der Waals surface area contributed by atoms with Gasteiger partial charge < -0.3 is 24.5 Å². The first-order valence-corrected chi connectivity index (χ1v) is 16.0. The van der Waals surface area contributed by atoms with Crippen LogP contribution in [0.5, 0.6) is 0 Å². The first-order valence-electron chi connectivity index (χ1n) is 16.0. The summed E-state index contributed by atoms with van der Waals surface area (Å²) in [6, 6.07) is 8.55. The van der Waals surface area contributed by atoms with Gasteiger partial charge in [0.25, 0.3) is 5.91 Å². The molecule has 8 rings (SSSR count). The van der Waals surface area contributed by atoms with E-state index in [0.717, 1.165) is 97.8 Å². The molecule has 2 bridgehead atoms. The van der Waals surface area contributed by atoms with Gasteiger partial charge in [0.1, 0.15) is 11.2 Å². The number of rotatable bonds is 5. The number of pyridine rings is 2. The minimum absolute atomic E-state index is 0.0230. The van der Waals surface area contributed by atoms with Gasteiger partial charge in [0, 0.05) is 55.6 Å². The van der Waals surface area contributed by atoms with Crippen LogP contribution in [0, 0.1) is 18.8 Å². The van der Waals surface area contributed by atoms with Crippen LogP contribution in [-0.4, -0.2) is 65.7 Å². The SMILES string of the molecule is CC.CCn1c(-c2nc3cc(C(=O)N4CC5CCC4C5N)cnc3n2CC2CC3(CCCO3)C2)cc2ccc(C)nc21. The smallest absolute Gasteiger partial charge is 0.255 e. The number of ether oxygens (including phenoxy) is 1. The lowest BCUT2D eigenvalue weighted by Crippen LogP contribution is -2.44. The number of carbonyl (C=O) groups is 1. The normalized spacial score (nSPS) is 28.1. The summed E-state index contributed by atoms with van der Waals surface area (Å²) >= 11 is 0. The summed E-state index contributed by atoms with van der Waals surface area (Å²) in [7, 11) is 0. The lowest BCUT2D eigenvalue weighted by molar-refractivity contribution is -0.0939. The molecule has 2 N–H and O–H groups in total. The number of fused-ring (bicyclic) bond motifs is 4. The minimum Gasteiger partial charge on any atom is -0.375 e. The third-order valence-electron chi connectivity index (χ3n) is 10.1. The number of amides is 1. The van der Waals surface area contributed by atoms with E-state index in [1.54, 1.807) is 6.20 Å². The number of imidazole rings is 1. The van der Waals surface area contributed by atoms with Crippen molar-refractivity contribution in [2.75, 3.05) is 13.2 Å². The number of nitrogens with zero attached hydrogens (tertiary/aromatic N) is 6. The van der Waals surface area contributed by atoms with Gasteiger partial charge in [0.05, 0.1) is 16.9 Å². The zero-order valence-electron chi connectivity index (χ0n) is 25.3. The van der Waals surface area contributed by atoms with Crippen molar-refractivity contribution in [3.05, 3.63) is 41.7 Å². The average Bonchev–Trinajstić information content (AvgIpc) is 3.81. The fraction of sp³-hybridized carbons (Fsp3) is 0.576. The Morgan fingerprint density at radius 1 is 1.12 bits per heavy atom. The molecule has 222 valence electrons. The van der Waals surface area contributed by atoms with E-state index < -0.39 is 0 Å². The molecule has 1 spiro atoms. The molecule has 3 atom stereocenters. The van der Waals surface area contributed by atoms with Crippen LogP contribution in [0.2, 0.25) is 0 Å². The minimum atomic E-state index is 0.0230. The summed E-state index contributed by atoms with van der Waals surface area (Å²) in [5.41, 5.74) is 11.7. The Kier molecular flexibility index (Phi) is 6.85. The molecule has 3 unspecified atom stereocenters. The summed E-state index contributed by atoms with van der Waals surface area (Å²) < 4.78 is 10.7. The highest BCUT2D eigenvalue weighted by Gasteiger charge is 2.48. The fourth-order valence-electron chi connectivity index (χ4n) is 8.13. The Bertz CT molecular complexity index is 1640. The van der Waals surface area contributed by atoms with E-state index in [1.165, 1.54) is 6.42 Å². The Balaban J connectivity index is 0.00000141. The number of aromatic nitrogens is 5. The molecule has 0 aromatic carbocycles. The van der Waals surface area contributed by atoms with Gasteiger partial charge in [-0.3, -0.25) is 4.79 Å². The Morgan fingerprint density at radius 2 is 1.95 bits per heavy atom. The summed E-state index contributed by atoms with van der Waals surface area (Å²) in [4.78, 5) is 30.5. The molecule has 6 heterocycles. The first kappa shape index (κ1) is 27.5. The van der Waals surface area contributed by atoms with Gasteiger partial charge in [-0.05, 0) is 88.5 Å². The molecule has 0 radical (unpaired) electrons. The van der Waals surface area contributed by atoms with Gasteiger partial charge in [-0.1, -0.05) is 13.8 Å². The van der Waals surface area contributed by atoms with E-state index in [1.807, 2.05) is 31.7 Å². The van der Waals surface area contributed by atoms with Crippen molar-refractivity contribution >= 4 is 28.1 Å². The Morgan fingerprint density at radius 3 is 2.64 bits per heavy atom. The van der Waals surface area contributed by atoms with E-state index in [0.29, 0.717) is 17.4 Å². The van der Waals surface area contributed by atoms with Crippen LogP contribution in [-0.2, 0) is 17.8 Å². The molecule has 42 heavy (non-hydrogen) atoms. The van der Waals surface area contributed by atoms with Gasteiger partial charge in [-0.15, -0.1) is 0 Å². The molecule has 4 aliphatic rings. The van der Waals surface area contributed by atoms with Crippen molar-refractivity contribution in [3.63, 3.8) is 0 Å². The topological polar surface area (TPSA) is 104 Å². The van der Waals surface area contributed by atoms with Crippen LogP contribution in [0.4, 0.5) is 0 Å². The number of piperidine rings is 1. The van der Waals surface area contributed by atoms with Crippen LogP contribution in [0.1, 0.15) is 75.3 Å². The summed E-state index contributed by atoms with van der Waals surface area (Å²) in [6.07, 6.45) is 8.35. The molecular weight excluding hydrogens is 526 g/mol. The zero-order valence-corrected chi connectivity index (χ0v) is 25.3. The molecule has 2 aliphatic heterocycles. The molecule has 9 heteroatoms. The van der Waals surface area contributed by atoms with E-state index in [9.17, 15) is 4.79 Å². The largest absolute Gasteiger partial charge is 0.375 e. The van der Waals surface area contributed by atoms with Gasteiger partial charge in [-0.2, -0.15) is 0 Å². The maximum absolute atomic E-state index is 13.6. The highest BCUT2D eigenvalue weighted by Crippen LogP contribution is 2.48. The second kappa shape index (κ2) is 10.5. The predicted octanol–water partition coefficient (Wildman–Crippen LogP) is 5.32. The number of nitrogens with two attached hydrogens (primary N) is 1. The van der Waals surface area contributed by atoms with E-state index in [2.05, 4.69) is 34.3 Å². The van der Waals surface area contributed by atoms with Gasteiger partial charge in [0.2, 0.25) is 0 Å². The Labute approximate surface area is 247 Å². The van der Waals surface area contributed by atoms with Crippen molar-refractivity contribution < 1.29 is 9.53 Å². The van der Waals surface area contributed by atoms with Crippen LogP contribution < -0.4 is 5.73 Å². The third kappa shape index (κ3) is 4.27. The Hall–Kier alpha value is -3.30. The predicted molar refractivity (Wildman–Crippen MR) is 164 cm³/mol. The van der Waals surface area contributed by atoms with Crippen LogP contribution in [0.3, 0.4) is 0 Å². The van der Waals surface area contributed by atoms with Crippen molar-refractivity contribution in [1.29, 1.82) is 0 Å². The van der Waals surface area contributed by atoms with Gasteiger partial charge >= 0.3 is 0 Å². The quantitative estimate of drug-likeness (QED) is 0.349. The number of aryl methyl sites for hydroxylation is 2. The molecule has 2 saturated carbocycles. The zero-order chi connectivity index (χ0) is 29.2. The highest BCUT2D eigenvalue weighted by molar-refractivity contribution is 5.97. The molecule has 1 amide bonds. The standard InChI is InChI=1S/C31H37N7O2.C2H6/c1-3-36-25(12-20-6-5-18(2)34-27(20)36)29-35-23-11-22(30(39)37-17-21-7-8-24(37)26(21)32)15-33-28(23)38(29)16-19-13-31(14-19)9-4-10-40-31;1-2/h5-6,11-12,15,19,21,24,26H,3-4,7-10,13-14,16-17,32H2,1-2H3;1-2H3. The maximum Gasteiger partial charge on any atom is 0.255 e. The highest BCUT2D eigenvalue weighted by atomic mass is 16.5. The van der Waals surface area contributed by atoms with Crippen LogP contribution in [0.25, 0.3) is 33.7 Å². The third-order valence-corrected chi connectivity index (χ3v) is 10.1. The molecule has 9 nitrogen and oxygen atoms in total. The molecular formula is C33H43N7O2. The van der Waals surface area contributed by atoms with Crippen LogP contribution in [0.15, 0.2) is 30.5 Å².